The molecule has 2 aliphatic rings. The molecule has 13 rings (SSSR count). The molecule has 62 heavy (non-hydrogen) atoms. The summed E-state index contributed by atoms with van der Waals surface area (Å²) in [5.41, 5.74) is 17.5. The highest BCUT2D eigenvalue weighted by Crippen LogP contribution is 2.65. The molecule has 1 atom stereocenters. The van der Waals surface area contributed by atoms with E-state index in [1.807, 2.05) is 0 Å². The maximum atomic E-state index is 7.15. The third kappa shape index (κ3) is 4.82. The maximum absolute atomic E-state index is 7.15. The number of hydrogen-bond acceptors (Lipinski definition) is 3. The Hall–Kier alpha value is -8.14. The molecular weight excluding hydrogens is 753 g/mol. The number of nitrogens with zero attached hydrogens (tertiary/aromatic N) is 2. The van der Waals surface area contributed by atoms with Crippen LogP contribution >= 0.6 is 0 Å². The Morgan fingerprint density at radius 3 is 1.55 bits per heavy atom. The third-order valence-corrected chi connectivity index (χ3v) is 13.2. The Morgan fingerprint density at radius 2 is 0.871 bits per heavy atom. The van der Waals surface area contributed by atoms with Crippen molar-refractivity contribution in [3.8, 4) is 22.3 Å². The number of fused-ring (bicyclic) bond motifs is 13. The second-order valence-electron chi connectivity index (χ2n) is 16.4. The van der Waals surface area contributed by atoms with Gasteiger partial charge in [-0.15, -0.1) is 0 Å². The van der Waals surface area contributed by atoms with Crippen LogP contribution in [-0.4, -0.2) is 0 Å². The van der Waals surface area contributed by atoms with Crippen molar-refractivity contribution in [2.45, 2.75) is 5.41 Å². The van der Waals surface area contributed by atoms with Crippen molar-refractivity contribution in [3.63, 3.8) is 0 Å². The van der Waals surface area contributed by atoms with E-state index < -0.39 is 5.41 Å². The molecule has 11 aromatic rings. The van der Waals surface area contributed by atoms with E-state index in [2.05, 4.69) is 240 Å². The normalized spacial score (nSPS) is 14.5. The first-order chi connectivity index (χ1) is 30.8. The molecule has 3 heteroatoms. The highest BCUT2D eigenvalue weighted by Gasteiger charge is 2.51. The highest BCUT2D eigenvalue weighted by atomic mass is 16.3. The molecule has 0 bridgehead atoms. The van der Waals surface area contributed by atoms with Crippen LogP contribution in [0.15, 0.2) is 235 Å². The molecule has 290 valence electrons. The quantitative estimate of drug-likeness (QED) is 0.167. The van der Waals surface area contributed by atoms with E-state index in [0.717, 1.165) is 56.1 Å². The average Bonchev–Trinajstić information content (AvgIpc) is 3.87. The predicted molar refractivity (Wildman–Crippen MR) is 257 cm³/mol. The Labute approximate surface area is 360 Å². The van der Waals surface area contributed by atoms with Crippen LogP contribution in [0, 0.1) is 0 Å². The van der Waals surface area contributed by atoms with Crippen LogP contribution in [0.4, 0.5) is 34.1 Å². The summed E-state index contributed by atoms with van der Waals surface area (Å²) in [6, 6.07) is 84.0. The summed E-state index contributed by atoms with van der Waals surface area (Å²) in [6.07, 6.45) is 0. The van der Waals surface area contributed by atoms with Gasteiger partial charge in [0.25, 0.3) is 0 Å². The van der Waals surface area contributed by atoms with Crippen molar-refractivity contribution in [2.24, 2.45) is 0 Å². The van der Waals surface area contributed by atoms with E-state index in [1.165, 1.54) is 55.3 Å². The molecule has 0 amide bonds. The lowest BCUT2D eigenvalue weighted by atomic mass is 9.61. The van der Waals surface area contributed by atoms with E-state index in [1.54, 1.807) is 0 Å². The van der Waals surface area contributed by atoms with Crippen LogP contribution in [0.1, 0.15) is 22.3 Å². The van der Waals surface area contributed by atoms with Crippen LogP contribution in [0.2, 0.25) is 0 Å². The van der Waals surface area contributed by atoms with E-state index in [4.69, 9.17) is 4.42 Å². The molecule has 0 fully saturated rings. The number of hydrogen-bond donors (Lipinski definition) is 0. The summed E-state index contributed by atoms with van der Waals surface area (Å²) in [6.45, 7) is 0. The van der Waals surface area contributed by atoms with Gasteiger partial charge in [0.05, 0.1) is 11.1 Å². The summed E-state index contributed by atoms with van der Waals surface area (Å²) in [5, 5.41) is 4.74. The van der Waals surface area contributed by atoms with Gasteiger partial charge in [0.1, 0.15) is 5.58 Å². The summed E-state index contributed by atoms with van der Waals surface area (Å²) in [4.78, 5) is 4.77. The van der Waals surface area contributed by atoms with Crippen molar-refractivity contribution < 1.29 is 4.42 Å². The number of para-hydroxylation sites is 5. The second-order valence-corrected chi connectivity index (χ2v) is 16.4. The lowest BCUT2D eigenvalue weighted by Gasteiger charge is -2.41. The molecule has 1 spiro atoms. The summed E-state index contributed by atoms with van der Waals surface area (Å²) < 4.78 is 7.15. The number of anilines is 6. The van der Waals surface area contributed by atoms with Gasteiger partial charge in [-0.05, 0) is 128 Å². The minimum Gasteiger partial charge on any atom is -0.454 e. The molecular formula is C59H38N2O. The van der Waals surface area contributed by atoms with Crippen LogP contribution in [0.25, 0.3) is 55.0 Å². The maximum Gasteiger partial charge on any atom is 0.160 e. The van der Waals surface area contributed by atoms with Gasteiger partial charge >= 0.3 is 0 Å². The lowest BCUT2D eigenvalue weighted by Crippen LogP contribution is -2.32. The van der Waals surface area contributed by atoms with Gasteiger partial charge in [-0.1, -0.05) is 158 Å². The zero-order valence-electron chi connectivity index (χ0n) is 33.7. The van der Waals surface area contributed by atoms with Crippen molar-refractivity contribution in [2.75, 3.05) is 9.80 Å². The Kier molecular flexibility index (Phi) is 7.52. The van der Waals surface area contributed by atoms with Gasteiger partial charge in [0.15, 0.2) is 5.58 Å². The Balaban J connectivity index is 1.23. The fourth-order valence-corrected chi connectivity index (χ4v) is 10.8. The molecule has 0 saturated heterocycles. The molecule has 0 aliphatic heterocycles. The summed E-state index contributed by atoms with van der Waals surface area (Å²) >= 11 is 0. The van der Waals surface area contributed by atoms with E-state index in [9.17, 15) is 0 Å². The zero-order chi connectivity index (χ0) is 40.8. The smallest absolute Gasteiger partial charge is 0.160 e. The minimum absolute atomic E-state index is 0.704. The molecule has 0 N–H and O–H groups in total. The molecule has 1 unspecified atom stereocenters. The first kappa shape index (κ1) is 34.7. The lowest BCUT2D eigenvalue weighted by molar-refractivity contribution is 0.668. The summed E-state index contributed by atoms with van der Waals surface area (Å²) in [7, 11) is 0. The van der Waals surface area contributed by atoms with Crippen LogP contribution < -0.4 is 9.80 Å². The van der Waals surface area contributed by atoms with Crippen molar-refractivity contribution in [3.05, 3.63) is 253 Å². The van der Waals surface area contributed by atoms with Crippen molar-refractivity contribution >= 4 is 66.8 Å². The molecule has 2 aliphatic carbocycles. The fourth-order valence-electron chi connectivity index (χ4n) is 10.8. The largest absolute Gasteiger partial charge is 0.454 e. The first-order valence-electron chi connectivity index (χ1n) is 21.4. The molecule has 0 radical (unpaired) electrons. The van der Waals surface area contributed by atoms with Gasteiger partial charge in [0, 0.05) is 39.2 Å². The van der Waals surface area contributed by atoms with Gasteiger partial charge in [-0.25, -0.2) is 0 Å². The summed E-state index contributed by atoms with van der Waals surface area (Å²) in [5.74, 6) is 0. The second kappa shape index (κ2) is 13.4. The van der Waals surface area contributed by atoms with Crippen LogP contribution in [0.3, 0.4) is 0 Å². The Morgan fingerprint density at radius 1 is 0.339 bits per heavy atom. The number of benzene rings is 10. The monoisotopic (exact) mass is 790 g/mol. The Bertz CT molecular complexity index is 3440. The van der Waals surface area contributed by atoms with Crippen molar-refractivity contribution in [1.82, 2.24) is 0 Å². The minimum atomic E-state index is -0.704. The number of rotatable bonds is 6. The van der Waals surface area contributed by atoms with Crippen molar-refractivity contribution in [1.29, 1.82) is 0 Å². The van der Waals surface area contributed by atoms with E-state index >= 15 is 0 Å². The third-order valence-electron chi connectivity index (χ3n) is 13.2. The predicted octanol–water partition coefficient (Wildman–Crippen LogP) is 16.0. The fraction of sp³-hybridized carbons (Fsp3) is 0.0169. The SMILES string of the molecule is c1ccc(N(c2ccccc2)c2ccc3c(c2)C2(c4ccccc4-3)c3cc(N(c4ccccc4)c4ccccc4)c4oc5ccccc5c4c3-c3cccc4cccc2c34)cc1. The van der Waals surface area contributed by atoms with Gasteiger partial charge in [-0.3, -0.25) is 0 Å². The highest BCUT2D eigenvalue weighted by molar-refractivity contribution is 6.22. The topological polar surface area (TPSA) is 19.6 Å². The standard InChI is InChI=1S/C59H38N2O/c1-5-21-40(22-6-1)60(41-23-7-2-8-24-41)44-35-36-46-45-29-13-15-32-49(45)59(51(46)37-44)50-33-18-20-39-19-17-31-48(55(39)50)56-52(59)38-53(58-57(56)47-30-14-16-34-54(47)62-58)61(42-25-9-3-10-26-42)43-27-11-4-12-28-43/h1-38H. The molecule has 3 nitrogen and oxygen atoms in total. The first-order valence-corrected chi connectivity index (χ1v) is 21.4. The van der Waals surface area contributed by atoms with Crippen LogP contribution in [-0.2, 0) is 5.41 Å². The van der Waals surface area contributed by atoms with Gasteiger partial charge in [0.2, 0.25) is 0 Å². The van der Waals surface area contributed by atoms with Crippen LogP contribution in [0.5, 0.6) is 0 Å². The van der Waals surface area contributed by atoms with Gasteiger partial charge in [-0.2, -0.15) is 0 Å². The average molecular weight is 791 g/mol. The zero-order valence-corrected chi connectivity index (χ0v) is 33.7. The molecule has 0 saturated carbocycles. The molecule has 1 heterocycles. The molecule has 1 aromatic heterocycles. The van der Waals surface area contributed by atoms with Gasteiger partial charge < -0.3 is 14.2 Å². The van der Waals surface area contributed by atoms with E-state index in [-0.39, 0.29) is 0 Å². The number of furan rings is 1. The molecule has 10 aromatic carbocycles. The van der Waals surface area contributed by atoms with E-state index in [0.29, 0.717) is 0 Å².